The van der Waals surface area contributed by atoms with E-state index < -0.39 is 64.5 Å². The van der Waals surface area contributed by atoms with Crippen LogP contribution in [0.2, 0.25) is 0 Å². The topological polar surface area (TPSA) is 101 Å². The van der Waals surface area contributed by atoms with E-state index in [1.807, 2.05) is 13.0 Å². The summed E-state index contributed by atoms with van der Waals surface area (Å²) in [6.45, 7) is 1.30. The fourth-order valence-electron chi connectivity index (χ4n) is 5.06. The molecule has 2 bridgehead atoms. The zero-order valence-corrected chi connectivity index (χ0v) is 21.0. The standard InChI is InChI=1S/C28H26F3N3O5/c1-15-7-8-23(35)22-13-33(15)28(38)24-26(39-14-16-5-3-2-4-6-16)25(36)19(12-34(22)24)27(37)32-11-18-20(30)9-17(29)10-21(18)31/h2-6,9-10,12,15,22-23,35H,7-8,11,13-14H2,1H3,(H,32,37)/t15-,22+,23-/m0/s1. The first-order valence-corrected chi connectivity index (χ1v) is 12.5. The Morgan fingerprint density at radius 1 is 1.10 bits per heavy atom. The zero-order chi connectivity index (χ0) is 27.8. The van der Waals surface area contributed by atoms with Crippen LogP contribution in [0.3, 0.4) is 0 Å². The Morgan fingerprint density at radius 2 is 1.79 bits per heavy atom. The van der Waals surface area contributed by atoms with Gasteiger partial charge in [-0.1, -0.05) is 30.3 Å². The lowest BCUT2D eigenvalue weighted by molar-refractivity contribution is 0.0499. The highest BCUT2D eigenvalue weighted by Gasteiger charge is 2.42. The summed E-state index contributed by atoms with van der Waals surface area (Å²) in [4.78, 5) is 41.9. The van der Waals surface area contributed by atoms with Gasteiger partial charge >= 0.3 is 0 Å². The average molecular weight is 542 g/mol. The van der Waals surface area contributed by atoms with E-state index in [9.17, 15) is 32.7 Å². The fraction of sp³-hybridized carbons (Fsp3) is 0.321. The minimum absolute atomic E-state index is 0.0732. The Morgan fingerprint density at radius 3 is 2.49 bits per heavy atom. The van der Waals surface area contributed by atoms with Crippen molar-refractivity contribution in [2.75, 3.05) is 6.54 Å². The maximum absolute atomic E-state index is 14.1. The van der Waals surface area contributed by atoms with Gasteiger partial charge in [0.15, 0.2) is 11.4 Å². The van der Waals surface area contributed by atoms with Crippen LogP contribution in [0.4, 0.5) is 13.2 Å². The van der Waals surface area contributed by atoms with E-state index >= 15 is 0 Å². The van der Waals surface area contributed by atoms with Crippen LogP contribution in [0.25, 0.3) is 0 Å². The van der Waals surface area contributed by atoms with Crippen molar-refractivity contribution < 1.29 is 32.6 Å². The quantitative estimate of drug-likeness (QED) is 0.499. The van der Waals surface area contributed by atoms with Crippen LogP contribution in [-0.4, -0.2) is 45.1 Å². The Hall–Kier alpha value is -4.12. The molecule has 8 nitrogen and oxygen atoms in total. The number of fused-ring (bicyclic) bond motifs is 4. The second kappa shape index (κ2) is 10.6. The lowest BCUT2D eigenvalue weighted by Gasteiger charge is -2.38. The molecule has 0 aliphatic carbocycles. The molecule has 2 aliphatic rings. The number of nitrogens with zero attached hydrogens (tertiary/aromatic N) is 2. The van der Waals surface area contributed by atoms with Crippen LogP contribution in [0.15, 0.2) is 53.5 Å². The normalized spacial score (nSPS) is 20.3. The Bertz CT molecular complexity index is 1470. The molecule has 1 fully saturated rings. The summed E-state index contributed by atoms with van der Waals surface area (Å²) >= 11 is 0. The number of amides is 2. The summed E-state index contributed by atoms with van der Waals surface area (Å²) in [6, 6.07) is 9.03. The number of aromatic nitrogens is 1. The molecule has 204 valence electrons. The van der Waals surface area contributed by atoms with Gasteiger partial charge in [0.05, 0.1) is 12.1 Å². The van der Waals surface area contributed by atoms with Crippen molar-refractivity contribution in [3.8, 4) is 5.75 Å². The molecule has 2 N–H and O–H groups in total. The summed E-state index contributed by atoms with van der Waals surface area (Å²) < 4.78 is 48.7. The van der Waals surface area contributed by atoms with E-state index in [0.29, 0.717) is 30.5 Å². The van der Waals surface area contributed by atoms with Gasteiger partial charge in [0.2, 0.25) is 5.43 Å². The molecule has 0 saturated carbocycles. The molecule has 1 aromatic heterocycles. The van der Waals surface area contributed by atoms with Crippen molar-refractivity contribution in [1.29, 1.82) is 0 Å². The third-order valence-electron chi connectivity index (χ3n) is 7.26. The van der Waals surface area contributed by atoms with Crippen LogP contribution in [0, 0.1) is 17.5 Å². The second-order valence-corrected chi connectivity index (χ2v) is 9.78. The van der Waals surface area contributed by atoms with Gasteiger partial charge < -0.3 is 24.6 Å². The number of ether oxygens (including phenoxy) is 1. The highest BCUT2D eigenvalue weighted by molar-refractivity contribution is 5.99. The number of aliphatic hydroxyl groups is 1. The first-order chi connectivity index (χ1) is 18.7. The van der Waals surface area contributed by atoms with Crippen LogP contribution in [0.5, 0.6) is 5.75 Å². The van der Waals surface area contributed by atoms with Crippen molar-refractivity contribution in [1.82, 2.24) is 14.8 Å². The molecule has 5 rings (SSSR count). The van der Waals surface area contributed by atoms with E-state index in [1.54, 1.807) is 29.2 Å². The van der Waals surface area contributed by atoms with Gasteiger partial charge in [-0.15, -0.1) is 0 Å². The lowest BCUT2D eigenvalue weighted by atomic mass is 10.0. The van der Waals surface area contributed by atoms with Gasteiger partial charge in [-0.05, 0) is 25.3 Å². The molecule has 0 spiro atoms. The smallest absolute Gasteiger partial charge is 0.274 e. The monoisotopic (exact) mass is 541 g/mol. The number of hydrogen-bond donors (Lipinski definition) is 2. The third-order valence-corrected chi connectivity index (χ3v) is 7.26. The fourth-order valence-corrected chi connectivity index (χ4v) is 5.06. The van der Waals surface area contributed by atoms with Gasteiger partial charge in [0.1, 0.15) is 29.6 Å². The number of halogens is 3. The number of hydrogen-bond acceptors (Lipinski definition) is 5. The van der Waals surface area contributed by atoms with Crippen molar-refractivity contribution in [2.24, 2.45) is 0 Å². The van der Waals surface area contributed by atoms with Crippen molar-refractivity contribution in [3.63, 3.8) is 0 Å². The zero-order valence-electron chi connectivity index (χ0n) is 21.0. The second-order valence-electron chi connectivity index (χ2n) is 9.78. The molecular weight excluding hydrogens is 515 g/mol. The third kappa shape index (κ3) is 5.01. The molecular formula is C28H26F3N3O5. The number of aliphatic hydroxyl groups excluding tert-OH is 1. The Kier molecular flexibility index (Phi) is 7.17. The predicted molar refractivity (Wildman–Crippen MR) is 134 cm³/mol. The van der Waals surface area contributed by atoms with Gasteiger partial charge in [0, 0.05) is 43.0 Å². The molecule has 3 heterocycles. The molecule has 2 amide bonds. The minimum Gasteiger partial charge on any atom is -0.483 e. The number of nitrogens with one attached hydrogen (secondary N) is 1. The van der Waals surface area contributed by atoms with Gasteiger partial charge in [-0.2, -0.15) is 0 Å². The highest BCUT2D eigenvalue weighted by Crippen LogP contribution is 2.35. The first kappa shape index (κ1) is 26.5. The summed E-state index contributed by atoms with van der Waals surface area (Å²) in [5.74, 6) is -5.29. The maximum atomic E-state index is 14.1. The SMILES string of the molecule is C[C@H]1CC[C@H](O)[C@H]2CN1C(=O)c1c(OCc3ccccc3)c(=O)c(C(=O)NCc3c(F)cc(F)cc3F)cn12. The molecule has 2 aliphatic heterocycles. The number of carbonyl (C=O) groups is 2. The molecule has 3 aromatic rings. The predicted octanol–water partition coefficient (Wildman–Crippen LogP) is 3.31. The van der Waals surface area contributed by atoms with Crippen molar-refractivity contribution >= 4 is 11.8 Å². The van der Waals surface area contributed by atoms with E-state index in [4.69, 9.17) is 4.74 Å². The maximum Gasteiger partial charge on any atom is 0.274 e. The van der Waals surface area contributed by atoms with Gasteiger partial charge in [0.25, 0.3) is 11.8 Å². The summed E-state index contributed by atoms with van der Waals surface area (Å²) in [5, 5.41) is 13.2. The van der Waals surface area contributed by atoms with Crippen LogP contribution >= 0.6 is 0 Å². The van der Waals surface area contributed by atoms with Crippen molar-refractivity contribution in [3.05, 3.63) is 98.7 Å². The number of rotatable bonds is 6. The van der Waals surface area contributed by atoms with E-state index in [2.05, 4.69) is 5.32 Å². The summed E-state index contributed by atoms with van der Waals surface area (Å²) in [6.07, 6.45) is 1.25. The molecule has 0 radical (unpaired) electrons. The van der Waals surface area contributed by atoms with E-state index in [1.165, 1.54) is 10.8 Å². The van der Waals surface area contributed by atoms with Crippen molar-refractivity contribution in [2.45, 2.75) is 51.1 Å². The van der Waals surface area contributed by atoms with Gasteiger partial charge in [-0.25, -0.2) is 13.2 Å². The molecule has 39 heavy (non-hydrogen) atoms. The molecule has 3 atom stereocenters. The largest absolute Gasteiger partial charge is 0.483 e. The highest BCUT2D eigenvalue weighted by atomic mass is 19.1. The lowest BCUT2D eigenvalue weighted by Crippen LogP contribution is -2.49. The Labute approximate surface area is 221 Å². The summed E-state index contributed by atoms with van der Waals surface area (Å²) in [5.41, 5.74) is -1.27. The van der Waals surface area contributed by atoms with Crippen LogP contribution in [-0.2, 0) is 13.2 Å². The molecule has 0 unspecified atom stereocenters. The first-order valence-electron chi connectivity index (χ1n) is 12.5. The number of benzene rings is 2. The van der Waals surface area contributed by atoms with E-state index in [-0.39, 0.29) is 30.6 Å². The number of carbonyl (C=O) groups excluding carboxylic acids is 2. The Balaban J connectivity index is 1.56. The minimum atomic E-state index is -1.19. The summed E-state index contributed by atoms with van der Waals surface area (Å²) in [7, 11) is 0. The van der Waals surface area contributed by atoms with Crippen LogP contribution < -0.4 is 15.5 Å². The molecule has 1 saturated heterocycles. The molecule has 2 aromatic carbocycles. The number of pyridine rings is 1. The average Bonchev–Trinajstić information content (AvgIpc) is 3.03. The molecule has 11 heteroatoms. The van der Waals surface area contributed by atoms with Gasteiger partial charge in [-0.3, -0.25) is 14.4 Å². The van der Waals surface area contributed by atoms with E-state index in [0.717, 1.165) is 0 Å². The van der Waals surface area contributed by atoms with Crippen LogP contribution in [0.1, 0.15) is 57.8 Å².